The average molecular weight is 510 g/mol. The van der Waals surface area contributed by atoms with E-state index in [9.17, 15) is 5.11 Å². The summed E-state index contributed by atoms with van der Waals surface area (Å²) in [6.45, 7) is 0.687. The number of aliphatic hydroxyl groups is 1. The van der Waals surface area contributed by atoms with Crippen LogP contribution in [0, 0.1) is 0 Å². The zero-order valence-electron chi connectivity index (χ0n) is 21.4. The van der Waals surface area contributed by atoms with Crippen LogP contribution in [-0.2, 0) is 24.5 Å². The molecule has 3 aromatic carbocycles. The molecule has 1 aliphatic rings. The molecule has 8 nitrogen and oxygen atoms in total. The summed E-state index contributed by atoms with van der Waals surface area (Å²) < 4.78 is 34.8. The number of hydrogen-bond donors (Lipinski definition) is 2. The summed E-state index contributed by atoms with van der Waals surface area (Å²) in [4.78, 5) is 0. The van der Waals surface area contributed by atoms with Crippen molar-refractivity contribution in [3.8, 4) is 11.5 Å². The number of hydrogen-bond acceptors (Lipinski definition) is 8. The molecule has 3 N–H and O–H groups in total. The largest absolute Gasteiger partial charge is 0.497 e. The highest BCUT2D eigenvalue weighted by Crippen LogP contribution is 2.42. The molecule has 0 saturated carbocycles. The molecule has 0 bridgehead atoms. The van der Waals surface area contributed by atoms with Gasteiger partial charge in [0.25, 0.3) is 0 Å². The number of rotatable bonds is 12. The first-order valence-corrected chi connectivity index (χ1v) is 12.2. The van der Waals surface area contributed by atoms with Gasteiger partial charge in [0, 0.05) is 13.7 Å². The predicted molar refractivity (Wildman–Crippen MR) is 139 cm³/mol. The van der Waals surface area contributed by atoms with Gasteiger partial charge in [-0.15, -0.1) is 0 Å². The van der Waals surface area contributed by atoms with Gasteiger partial charge < -0.3 is 39.3 Å². The van der Waals surface area contributed by atoms with Crippen molar-refractivity contribution in [2.75, 3.05) is 41.1 Å². The van der Waals surface area contributed by atoms with Gasteiger partial charge in [-0.25, -0.2) is 0 Å². The van der Waals surface area contributed by atoms with Crippen LogP contribution in [0.2, 0.25) is 0 Å². The zero-order valence-corrected chi connectivity index (χ0v) is 21.4. The Bertz CT molecular complexity index is 1040. The van der Waals surface area contributed by atoms with Crippen LogP contribution >= 0.6 is 0 Å². The fraction of sp³-hybridized carbons (Fsp3) is 0.379. The Morgan fingerprint density at radius 2 is 1.35 bits per heavy atom. The fourth-order valence-electron chi connectivity index (χ4n) is 4.69. The van der Waals surface area contributed by atoms with E-state index in [4.69, 9.17) is 34.2 Å². The molecule has 4 atom stereocenters. The van der Waals surface area contributed by atoms with Gasteiger partial charge >= 0.3 is 0 Å². The third-order valence-electron chi connectivity index (χ3n) is 6.60. The molecule has 0 radical (unpaired) electrons. The lowest BCUT2D eigenvalue weighted by Crippen LogP contribution is -2.40. The van der Waals surface area contributed by atoms with Crippen molar-refractivity contribution in [3.63, 3.8) is 0 Å². The summed E-state index contributed by atoms with van der Waals surface area (Å²) in [6, 6.07) is 25.5. The van der Waals surface area contributed by atoms with Gasteiger partial charge in [-0.05, 0) is 41.0 Å². The molecule has 1 heterocycles. The molecule has 0 spiro atoms. The van der Waals surface area contributed by atoms with E-state index in [1.54, 1.807) is 14.2 Å². The van der Waals surface area contributed by atoms with E-state index in [1.807, 2.05) is 78.9 Å². The Labute approximate surface area is 217 Å². The minimum absolute atomic E-state index is 0.0659. The monoisotopic (exact) mass is 509 g/mol. The molecular formula is C29H35NO7. The van der Waals surface area contributed by atoms with Crippen LogP contribution in [0.3, 0.4) is 0 Å². The Morgan fingerprint density at radius 1 is 0.811 bits per heavy atom. The third-order valence-corrected chi connectivity index (χ3v) is 6.60. The molecule has 0 amide bonds. The summed E-state index contributed by atoms with van der Waals surface area (Å²) in [5.41, 5.74) is 7.25. The van der Waals surface area contributed by atoms with Gasteiger partial charge in [0.2, 0.25) is 0 Å². The molecule has 0 unspecified atom stereocenters. The number of nitrogens with two attached hydrogens (primary N) is 1. The van der Waals surface area contributed by atoms with E-state index in [2.05, 4.69) is 0 Å². The van der Waals surface area contributed by atoms with Crippen molar-refractivity contribution < 1.29 is 33.5 Å². The van der Waals surface area contributed by atoms with Crippen molar-refractivity contribution in [2.45, 2.75) is 30.2 Å². The van der Waals surface area contributed by atoms with Gasteiger partial charge in [-0.2, -0.15) is 0 Å². The van der Waals surface area contributed by atoms with Crippen molar-refractivity contribution in [1.29, 1.82) is 0 Å². The van der Waals surface area contributed by atoms with Gasteiger partial charge in [-0.1, -0.05) is 54.6 Å². The molecule has 0 aliphatic carbocycles. The second kappa shape index (κ2) is 12.5. The molecule has 3 aromatic rings. The standard InChI is InChI=1S/C29H35NO7/c1-32-23-13-9-21(10-14-23)29(20-7-5-4-6-8-20,22-11-15-24(33-2)16-12-22)36-19-25-26(31)27(34-3)28(37-25)35-18-17-30/h4-16,25-28,31H,17-19,30H2,1-3H3/t25-,26+,27+,28+/m0/s1. The minimum Gasteiger partial charge on any atom is -0.497 e. The molecule has 8 heteroatoms. The Hall–Kier alpha value is -2.98. The number of ether oxygens (including phenoxy) is 6. The van der Waals surface area contributed by atoms with Gasteiger partial charge in [0.15, 0.2) is 6.29 Å². The molecule has 1 aliphatic heterocycles. The molecule has 1 saturated heterocycles. The average Bonchev–Trinajstić information content (AvgIpc) is 3.27. The second-order valence-corrected chi connectivity index (χ2v) is 8.71. The molecule has 198 valence electrons. The maximum Gasteiger partial charge on any atom is 0.186 e. The molecule has 4 rings (SSSR count). The van der Waals surface area contributed by atoms with E-state index in [0.29, 0.717) is 6.54 Å². The summed E-state index contributed by atoms with van der Waals surface area (Å²) >= 11 is 0. The maximum atomic E-state index is 11.0. The first kappa shape index (κ1) is 27.1. The van der Waals surface area contributed by atoms with Crippen LogP contribution in [0.4, 0.5) is 0 Å². The van der Waals surface area contributed by atoms with Crippen molar-refractivity contribution >= 4 is 0 Å². The smallest absolute Gasteiger partial charge is 0.186 e. The fourth-order valence-corrected chi connectivity index (χ4v) is 4.69. The molecule has 1 fully saturated rings. The number of aliphatic hydroxyl groups excluding tert-OH is 1. The van der Waals surface area contributed by atoms with Crippen LogP contribution in [0.15, 0.2) is 78.9 Å². The molecule has 0 aromatic heterocycles. The second-order valence-electron chi connectivity index (χ2n) is 8.71. The van der Waals surface area contributed by atoms with Gasteiger partial charge in [0.1, 0.15) is 35.4 Å². The topological polar surface area (TPSA) is 102 Å². The first-order valence-electron chi connectivity index (χ1n) is 12.2. The summed E-state index contributed by atoms with van der Waals surface area (Å²) in [7, 11) is 4.78. The van der Waals surface area contributed by atoms with Crippen LogP contribution < -0.4 is 15.2 Å². The normalized spacial score (nSPS) is 21.6. The van der Waals surface area contributed by atoms with E-state index in [1.165, 1.54) is 7.11 Å². The third kappa shape index (κ3) is 5.65. The van der Waals surface area contributed by atoms with E-state index < -0.39 is 30.2 Å². The Morgan fingerprint density at radius 3 is 1.84 bits per heavy atom. The van der Waals surface area contributed by atoms with Crippen molar-refractivity contribution in [2.24, 2.45) is 5.73 Å². The lowest BCUT2D eigenvalue weighted by atomic mass is 9.80. The summed E-state index contributed by atoms with van der Waals surface area (Å²) in [5, 5.41) is 11.0. The molecule has 37 heavy (non-hydrogen) atoms. The molecular weight excluding hydrogens is 474 g/mol. The van der Waals surface area contributed by atoms with Gasteiger partial charge in [0.05, 0.1) is 27.4 Å². The van der Waals surface area contributed by atoms with E-state index in [0.717, 1.165) is 28.2 Å². The zero-order chi connectivity index (χ0) is 26.3. The van der Waals surface area contributed by atoms with Crippen molar-refractivity contribution in [3.05, 3.63) is 95.6 Å². The highest BCUT2D eigenvalue weighted by atomic mass is 16.7. The van der Waals surface area contributed by atoms with E-state index >= 15 is 0 Å². The lowest BCUT2D eigenvalue weighted by Gasteiger charge is -2.37. The first-order chi connectivity index (χ1) is 18.1. The SMILES string of the molecule is COc1ccc(C(OC[C@@H]2O[C@@H](OCCN)[C@H](OC)[C@@H]2O)(c2ccccc2)c2ccc(OC)cc2)cc1. The van der Waals surface area contributed by atoms with Crippen LogP contribution in [-0.4, -0.2) is 70.8 Å². The summed E-state index contributed by atoms with van der Waals surface area (Å²) in [6.07, 6.45) is -3.04. The van der Waals surface area contributed by atoms with Crippen molar-refractivity contribution in [1.82, 2.24) is 0 Å². The number of methoxy groups -OCH3 is 3. The minimum atomic E-state index is -1.03. The van der Waals surface area contributed by atoms with Crippen LogP contribution in [0.5, 0.6) is 11.5 Å². The predicted octanol–water partition coefficient (Wildman–Crippen LogP) is 3.09. The van der Waals surface area contributed by atoms with E-state index in [-0.39, 0.29) is 13.2 Å². The summed E-state index contributed by atoms with van der Waals surface area (Å²) in [5.74, 6) is 1.47. The quantitative estimate of drug-likeness (QED) is 0.359. The van der Waals surface area contributed by atoms with Crippen LogP contribution in [0.25, 0.3) is 0 Å². The number of benzene rings is 3. The Balaban J connectivity index is 1.76. The highest BCUT2D eigenvalue weighted by molar-refractivity contribution is 5.49. The lowest BCUT2D eigenvalue weighted by molar-refractivity contribution is -0.179. The highest BCUT2D eigenvalue weighted by Gasteiger charge is 2.47. The van der Waals surface area contributed by atoms with Crippen LogP contribution in [0.1, 0.15) is 16.7 Å². The van der Waals surface area contributed by atoms with Gasteiger partial charge in [-0.3, -0.25) is 0 Å². The maximum absolute atomic E-state index is 11.0. The Kier molecular flexibility index (Phi) is 9.15.